The molecule has 4 aromatic rings. The van der Waals surface area contributed by atoms with E-state index in [4.69, 9.17) is 0 Å². The average Bonchev–Trinajstić information content (AvgIpc) is 3.32. The number of aryl methyl sites for hydroxylation is 1. The quantitative estimate of drug-likeness (QED) is 0.277. The molecule has 1 N–H and O–H groups in total. The number of amides is 1. The van der Waals surface area contributed by atoms with E-state index in [-0.39, 0.29) is 11.3 Å². The molecule has 0 bridgehead atoms. The van der Waals surface area contributed by atoms with E-state index >= 15 is 0 Å². The number of thiazole rings is 1. The van der Waals surface area contributed by atoms with Gasteiger partial charge in [0, 0.05) is 5.56 Å². The Balaban J connectivity index is 1.73. The molecule has 1 aliphatic heterocycles. The maximum absolute atomic E-state index is 13.2. The molecule has 1 unspecified atom stereocenters. The molecular formula is C25H18N2O3S. The molecule has 3 aromatic carbocycles. The summed E-state index contributed by atoms with van der Waals surface area (Å²) in [7, 11) is 0. The molecule has 2 heterocycles. The van der Waals surface area contributed by atoms with Crippen LogP contribution < -0.4 is 4.90 Å². The largest absolute Gasteiger partial charge is 0.507 e. The summed E-state index contributed by atoms with van der Waals surface area (Å²) in [6.07, 6.45) is 0. The van der Waals surface area contributed by atoms with Gasteiger partial charge in [-0.05, 0) is 30.2 Å². The standard InChI is InChI=1S/C25H18N2O3S/c1-15-12-13-18-19(14-15)31-25(26-18)27-21(16-8-4-2-5-9-16)20(23(29)24(27)30)22(28)17-10-6-3-7-11-17/h2-14,21,28H,1H3. The van der Waals surface area contributed by atoms with E-state index in [1.165, 1.54) is 16.2 Å². The Morgan fingerprint density at radius 3 is 2.35 bits per heavy atom. The van der Waals surface area contributed by atoms with Crippen molar-refractivity contribution in [3.05, 3.63) is 101 Å². The van der Waals surface area contributed by atoms with Crippen molar-refractivity contribution in [2.75, 3.05) is 4.90 Å². The molecule has 1 aromatic heterocycles. The highest BCUT2D eigenvalue weighted by molar-refractivity contribution is 7.22. The van der Waals surface area contributed by atoms with Gasteiger partial charge in [0.15, 0.2) is 5.13 Å². The highest BCUT2D eigenvalue weighted by Gasteiger charge is 2.48. The molecule has 1 amide bonds. The number of anilines is 1. The number of hydrogen-bond acceptors (Lipinski definition) is 5. The van der Waals surface area contributed by atoms with E-state index in [9.17, 15) is 14.7 Å². The van der Waals surface area contributed by atoms with Gasteiger partial charge in [0.05, 0.1) is 21.8 Å². The molecule has 0 saturated carbocycles. The molecule has 5 rings (SSSR count). The van der Waals surface area contributed by atoms with E-state index in [2.05, 4.69) is 4.98 Å². The molecule has 5 nitrogen and oxygen atoms in total. The van der Waals surface area contributed by atoms with Crippen molar-refractivity contribution in [2.24, 2.45) is 0 Å². The summed E-state index contributed by atoms with van der Waals surface area (Å²) in [5, 5.41) is 11.5. The number of aliphatic hydroxyl groups excluding tert-OH is 1. The van der Waals surface area contributed by atoms with Crippen LogP contribution in [0.1, 0.15) is 22.7 Å². The van der Waals surface area contributed by atoms with Gasteiger partial charge < -0.3 is 5.11 Å². The fourth-order valence-corrected chi connectivity index (χ4v) is 4.95. The molecule has 1 atom stereocenters. The molecule has 152 valence electrons. The Bertz CT molecular complexity index is 1340. The first-order chi connectivity index (χ1) is 15.0. The van der Waals surface area contributed by atoms with Crippen molar-refractivity contribution in [1.29, 1.82) is 0 Å². The van der Waals surface area contributed by atoms with Gasteiger partial charge in [-0.25, -0.2) is 4.98 Å². The van der Waals surface area contributed by atoms with Crippen molar-refractivity contribution in [3.8, 4) is 0 Å². The number of hydrogen-bond donors (Lipinski definition) is 1. The number of benzene rings is 3. The number of aliphatic hydroxyl groups is 1. The first-order valence-corrected chi connectivity index (χ1v) is 10.6. The van der Waals surface area contributed by atoms with Crippen LogP contribution in [0.3, 0.4) is 0 Å². The van der Waals surface area contributed by atoms with E-state index in [0.29, 0.717) is 10.7 Å². The highest BCUT2D eigenvalue weighted by atomic mass is 32.1. The number of carbonyl (C=O) groups is 2. The van der Waals surface area contributed by atoms with E-state index in [1.807, 2.05) is 61.5 Å². The summed E-state index contributed by atoms with van der Waals surface area (Å²) in [6, 6.07) is 23.2. The van der Waals surface area contributed by atoms with Crippen LogP contribution >= 0.6 is 11.3 Å². The van der Waals surface area contributed by atoms with E-state index in [1.54, 1.807) is 24.3 Å². The second kappa shape index (κ2) is 7.49. The molecule has 6 heteroatoms. The first-order valence-electron chi connectivity index (χ1n) is 9.83. The lowest BCUT2D eigenvalue weighted by Crippen LogP contribution is -2.29. The zero-order chi connectivity index (χ0) is 21.5. The Labute approximate surface area is 182 Å². The fraction of sp³-hybridized carbons (Fsp3) is 0.0800. The maximum atomic E-state index is 13.2. The van der Waals surface area contributed by atoms with Crippen molar-refractivity contribution < 1.29 is 14.7 Å². The summed E-state index contributed by atoms with van der Waals surface area (Å²) < 4.78 is 0.937. The van der Waals surface area contributed by atoms with Gasteiger partial charge >= 0.3 is 5.91 Å². The lowest BCUT2D eigenvalue weighted by molar-refractivity contribution is -0.132. The SMILES string of the molecule is Cc1ccc2nc(N3C(=O)C(=O)C(=C(O)c4ccccc4)C3c3ccccc3)sc2c1. The van der Waals surface area contributed by atoms with Crippen molar-refractivity contribution in [1.82, 2.24) is 4.98 Å². The topological polar surface area (TPSA) is 70.5 Å². The van der Waals surface area contributed by atoms with Crippen molar-refractivity contribution >= 4 is 44.1 Å². The van der Waals surface area contributed by atoms with Gasteiger partial charge in [-0.2, -0.15) is 0 Å². The number of rotatable bonds is 3. The summed E-state index contributed by atoms with van der Waals surface area (Å²) in [4.78, 5) is 32.3. The average molecular weight is 426 g/mol. The van der Waals surface area contributed by atoms with Gasteiger partial charge in [-0.3, -0.25) is 14.5 Å². The molecule has 0 spiro atoms. The summed E-state index contributed by atoms with van der Waals surface area (Å²) in [6.45, 7) is 1.99. The number of aromatic nitrogens is 1. The second-order valence-corrected chi connectivity index (χ2v) is 8.42. The molecule has 1 saturated heterocycles. The van der Waals surface area contributed by atoms with Gasteiger partial charge in [-0.1, -0.05) is 78.1 Å². The minimum absolute atomic E-state index is 0.0674. The van der Waals surface area contributed by atoms with Gasteiger partial charge in [0.2, 0.25) is 0 Å². The number of carbonyl (C=O) groups excluding carboxylic acids is 2. The summed E-state index contributed by atoms with van der Waals surface area (Å²) in [5.74, 6) is -1.60. The predicted molar refractivity (Wildman–Crippen MR) is 122 cm³/mol. The molecule has 31 heavy (non-hydrogen) atoms. The minimum Gasteiger partial charge on any atom is -0.507 e. The van der Waals surface area contributed by atoms with Crippen LogP contribution in [0.2, 0.25) is 0 Å². The number of ketones is 1. The van der Waals surface area contributed by atoms with Crippen molar-refractivity contribution in [3.63, 3.8) is 0 Å². The summed E-state index contributed by atoms with van der Waals surface area (Å²) in [5.41, 5.74) is 3.14. The lowest BCUT2D eigenvalue weighted by Gasteiger charge is -2.22. The maximum Gasteiger partial charge on any atom is 0.301 e. The van der Waals surface area contributed by atoms with Gasteiger partial charge in [-0.15, -0.1) is 0 Å². The Kier molecular flexibility index (Phi) is 4.64. The Morgan fingerprint density at radius 1 is 0.968 bits per heavy atom. The third-order valence-corrected chi connectivity index (χ3v) is 6.36. The molecule has 0 aliphatic carbocycles. The molecule has 1 fully saturated rings. The lowest BCUT2D eigenvalue weighted by atomic mass is 9.95. The van der Waals surface area contributed by atoms with Crippen LogP contribution in [0, 0.1) is 6.92 Å². The predicted octanol–water partition coefficient (Wildman–Crippen LogP) is 5.23. The number of fused-ring (bicyclic) bond motifs is 1. The number of nitrogens with zero attached hydrogens (tertiary/aromatic N) is 2. The zero-order valence-corrected chi connectivity index (χ0v) is 17.5. The van der Waals surface area contributed by atoms with Gasteiger partial charge in [0.1, 0.15) is 5.76 Å². The third kappa shape index (κ3) is 3.21. The summed E-state index contributed by atoms with van der Waals surface area (Å²) >= 11 is 1.36. The second-order valence-electron chi connectivity index (χ2n) is 7.41. The minimum atomic E-state index is -0.761. The number of Topliss-reactive ketones (excluding diaryl/α,β-unsaturated/α-hetero) is 1. The monoisotopic (exact) mass is 426 g/mol. The Hall–Kier alpha value is -3.77. The molecular weight excluding hydrogens is 408 g/mol. The smallest absolute Gasteiger partial charge is 0.301 e. The van der Waals surface area contributed by atoms with Crippen molar-refractivity contribution in [2.45, 2.75) is 13.0 Å². The fourth-order valence-electron chi connectivity index (χ4n) is 3.85. The highest BCUT2D eigenvalue weighted by Crippen LogP contribution is 2.44. The van der Waals surface area contributed by atoms with Crippen LogP contribution in [0.25, 0.3) is 16.0 Å². The van der Waals surface area contributed by atoms with E-state index in [0.717, 1.165) is 21.3 Å². The first kappa shape index (κ1) is 19.2. The normalized spacial score (nSPS) is 18.1. The van der Waals surface area contributed by atoms with Crippen LogP contribution in [0.5, 0.6) is 0 Å². The van der Waals surface area contributed by atoms with Gasteiger partial charge in [0.25, 0.3) is 5.78 Å². The van der Waals surface area contributed by atoms with Crippen LogP contribution in [0.4, 0.5) is 5.13 Å². The third-order valence-electron chi connectivity index (χ3n) is 5.35. The Morgan fingerprint density at radius 2 is 1.65 bits per heavy atom. The molecule has 1 aliphatic rings. The van der Waals surface area contributed by atoms with Crippen LogP contribution in [-0.2, 0) is 9.59 Å². The van der Waals surface area contributed by atoms with E-state index < -0.39 is 17.7 Å². The zero-order valence-electron chi connectivity index (χ0n) is 16.6. The molecule has 0 radical (unpaired) electrons. The van der Waals surface area contributed by atoms with Crippen LogP contribution in [-0.4, -0.2) is 21.8 Å². The van der Waals surface area contributed by atoms with Crippen LogP contribution in [0.15, 0.2) is 84.4 Å².